The first kappa shape index (κ1) is 9.98. The van der Waals surface area contributed by atoms with Crippen LogP contribution < -0.4 is 0 Å². The van der Waals surface area contributed by atoms with Crippen LogP contribution in [0.1, 0.15) is 51.9 Å². The largest absolute Gasteiger partial charge is 0.371 e. The zero-order valence-corrected chi connectivity index (χ0v) is 8.96. The highest BCUT2D eigenvalue weighted by atomic mass is 16.5. The van der Waals surface area contributed by atoms with E-state index in [0.29, 0.717) is 6.42 Å². The summed E-state index contributed by atoms with van der Waals surface area (Å²) in [6.07, 6.45) is 8.42. The molecule has 0 aromatic rings. The van der Waals surface area contributed by atoms with Crippen LogP contribution in [-0.2, 0) is 4.74 Å². The van der Waals surface area contributed by atoms with E-state index in [2.05, 4.69) is 13.0 Å². The number of nitrogens with zero attached hydrogens (tertiary/aromatic N) is 1. The maximum Gasteiger partial charge on any atom is 0.0713 e. The molecular weight excluding hydrogens is 174 g/mol. The Labute approximate surface area is 86.2 Å². The van der Waals surface area contributed by atoms with Crippen molar-refractivity contribution in [1.82, 2.24) is 0 Å². The highest BCUT2D eigenvalue weighted by Crippen LogP contribution is 2.41. The van der Waals surface area contributed by atoms with E-state index in [1.54, 1.807) is 0 Å². The fraction of sp³-hybridized carbons (Fsp3) is 0.917. The van der Waals surface area contributed by atoms with E-state index in [1.165, 1.54) is 25.7 Å². The van der Waals surface area contributed by atoms with Crippen LogP contribution in [0.2, 0.25) is 0 Å². The smallest absolute Gasteiger partial charge is 0.0713 e. The SMILES string of the molecule is CC1(CC2CCC2)CCC(CC#N)O1. The van der Waals surface area contributed by atoms with E-state index in [9.17, 15) is 0 Å². The van der Waals surface area contributed by atoms with Gasteiger partial charge in [-0.2, -0.15) is 5.26 Å². The van der Waals surface area contributed by atoms with Crippen LogP contribution in [0.25, 0.3) is 0 Å². The molecule has 2 atom stereocenters. The van der Waals surface area contributed by atoms with Gasteiger partial charge in [0.25, 0.3) is 0 Å². The first-order valence-electron chi connectivity index (χ1n) is 5.77. The molecule has 2 aliphatic rings. The standard InChI is InChI=1S/C12H19NO/c1-12(9-10-3-2-4-10)7-5-11(14-12)6-8-13/h10-11H,2-7,9H2,1H3. The summed E-state index contributed by atoms with van der Waals surface area (Å²) in [5.41, 5.74) is 0.0899. The van der Waals surface area contributed by atoms with Crippen LogP contribution in [0, 0.1) is 17.2 Å². The minimum Gasteiger partial charge on any atom is -0.371 e. The van der Waals surface area contributed by atoms with Gasteiger partial charge in [-0.05, 0) is 32.1 Å². The normalized spacial score (nSPS) is 37.9. The van der Waals surface area contributed by atoms with Gasteiger partial charge >= 0.3 is 0 Å². The Morgan fingerprint density at radius 3 is 2.79 bits per heavy atom. The Morgan fingerprint density at radius 1 is 1.43 bits per heavy atom. The topological polar surface area (TPSA) is 33.0 Å². The third kappa shape index (κ3) is 2.09. The van der Waals surface area contributed by atoms with Gasteiger partial charge in [-0.25, -0.2) is 0 Å². The van der Waals surface area contributed by atoms with Crippen LogP contribution in [0.15, 0.2) is 0 Å². The Hall–Kier alpha value is -0.550. The number of rotatable bonds is 3. The van der Waals surface area contributed by atoms with Gasteiger partial charge in [-0.15, -0.1) is 0 Å². The second-order valence-corrected chi connectivity index (χ2v) is 5.09. The first-order valence-corrected chi connectivity index (χ1v) is 5.77. The summed E-state index contributed by atoms with van der Waals surface area (Å²) in [6, 6.07) is 2.20. The summed E-state index contributed by atoms with van der Waals surface area (Å²) >= 11 is 0. The fourth-order valence-corrected chi connectivity index (χ4v) is 2.69. The van der Waals surface area contributed by atoms with Gasteiger partial charge in [0, 0.05) is 0 Å². The van der Waals surface area contributed by atoms with Gasteiger partial charge in [-0.3, -0.25) is 0 Å². The maximum atomic E-state index is 8.61. The van der Waals surface area contributed by atoms with Gasteiger partial charge in [0.2, 0.25) is 0 Å². The van der Waals surface area contributed by atoms with Crippen molar-refractivity contribution in [3.63, 3.8) is 0 Å². The molecular formula is C12H19NO. The fourth-order valence-electron chi connectivity index (χ4n) is 2.69. The summed E-state index contributed by atoms with van der Waals surface area (Å²) in [7, 11) is 0. The Bertz CT molecular complexity index is 241. The minimum atomic E-state index is 0.0899. The summed E-state index contributed by atoms with van der Waals surface area (Å²) < 4.78 is 5.97. The molecule has 0 amide bonds. The molecule has 1 aliphatic heterocycles. The number of hydrogen-bond acceptors (Lipinski definition) is 2. The highest BCUT2D eigenvalue weighted by Gasteiger charge is 2.38. The molecule has 0 aromatic heterocycles. The summed E-state index contributed by atoms with van der Waals surface area (Å²) in [5.74, 6) is 0.904. The lowest BCUT2D eigenvalue weighted by Crippen LogP contribution is -2.30. The second-order valence-electron chi connectivity index (χ2n) is 5.09. The molecule has 1 saturated heterocycles. The van der Waals surface area contributed by atoms with E-state index < -0.39 is 0 Å². The average Bonchev–Trinajstić information content (AvgIpc) is 2.43. The van der Waals surface area contributed by atoms with E-state index in [0.717, 1.165) is 18.8 Å². The molecule has 2 fully saturated rings. The lowest BCUT2D eigenvalue weighted by atomic mass is 9.77. The lowest BCUT2D eigenvalue weighted by Gasteiger charge is -2.34. The average molecular weight is 193 g/mol. The predicted octanol–water partition coefficient (Wildman–Crippen LogP) is 3.03. The van der Waals surface area contributed by atoms with Crippen molar-refractivity contribution in [3.8, 4) is 6.07 Å². The summed E-state index contributed by atoms with van der Waals surface area (Å²) in [4.78, 5) is 0. The number of nitriles is 1. The molecule has 14 heavy (non-hydrogen) atoms. The van der Waals surface area contributed by atoms with Gasteiger partial charge in [0.1, 0.15) is 0 Å². The zero-order valence-electron chi connectivity index (χ0n) is 8.96. The van der Waals surface area contributed by atoms with Crippen molar-refractivity contribution in [2.24, 2.45) is 5.92 Å². The number of ether oxygens (including phenoxy) is 1. The molecule has 0 N–H and O–H groups in total. The molecule has 2 unspecified atom stereocenters. The molecule has 0 radical (unpaired) electrons. The molecule has 1 saturated carbocycles. The molecule has 2 heteroatoms. The van der Waals surface area contributed by atoms with Crippen molar-refractivity contribution in [2.75, 3.05) is 0 Å². The van der Waals surface area contributed by atoms with Crippen molar-refractivity contribution in [2.45, 2.75) is 63.6 Å². The van der Waals surface area contributed by atoms with Crippen molar-refractivity contribution in [3.05, 3.63) is 0 Å². The first-order chi connectivity index (χ1) is 6.72. The zero-order chi connectivity index (χ0) is 10.0. The van der Waals surface area contributed by atoms with E-state index in [-0.39, 0.29) is 11.7 Å². The summed E-state index contributed by atoms with van der Waals surface area (Å²) in [6.45, 7) is 2.22. The van der Waals surface area contributed by atoms with Gasteiger partial charge in [0.15, 0.2) is 0 Å². The molecule has 0 spiro atoms. The van der Waals surface area contributed by atoms with Crippen molar-refractivity contribution >= 4 is 0 Å². The van der Waals surface area contributed by atoms with Crippen molar-refractivity contribution < 1.29 is 4.74 Å². The Morgan fingerprint density at radius 2 is 2.21 bits per heavy atom. The van der Waals surface area contributed by atoms with Crippen molar-refractivity contribution in [1.29, 1.82) is 5.26 Å². The summed E-state index contributed by atoms with van der Waals surface area (Å²) in [5, 5.41) is 8.61. The van der Waals surface area contributed by atoms with Gasteiger partial charge in [-0.1, -0.05) is 19.3 Å². The highest BCUT2D eigenvalue weighted by molar-refractivity contribution is 4.91. The van der Waals surface area contributed by atoms with Crippen LogP contribution in [0.3, 0.4) is 0 Å². The van der Waals surface area contributed by atoms with Crippen LogP contribution in [-0.4, -0.2) is 11.7 Å². The number of hydrogen-bond donors (Lipinski definition) is 0. The quantitative estimate of drug-likeness (QED) is 0.690. The van der Waals surface area contributed by atoms with Crippen LogP contribution >= 0.6 is 0 Å². The molecule has 1 heterocycles. The molecule has 1 aliphatic carbocycles. The Kier molecular flexibility index (Phi) is 2.78. The second kappa shape index (κ2) is 3.90. The monoisotopic (exact) mass is 193 g/mol. The molecule has 0 aromatic carbocycles. The third-order valence-corrected chi connectivity index (χ3v) is 3.71. The van der Waals surface area contributed by atoms with Gasteiger partial charge in [0.05, 0.1) is 24.2 Å². The van der Waals surface area contributed by atoms with E-state index >= 15 is 0 Å². The lowest BCUT2D eigenvalue weighted by molar-refractivity contribution is -0.0477. The molecule has 0 bridgehead atoms. The van der Waals surface area contributed by atoms with E-state index in [4.69, 9.17) is 10.00 Å². The van der Waals surface area contributed by atoms with Gasteiger partial charge < -0.3 is 4.74 Å². The molecule has 2 rings (SSSR count). The Balaban J connectivity index is 1.82. The predicted molar refractivity (Wildman–Crippen MR) is 54.7 cm³/mol. The van der Waals surface area contributed by atoms with E-state index in [1.807, 2.05) is 0 Å². The molecule has 2 nitrogen and oxygen atoms in total. The van der Waals surface area contributed by atoms with Crippen LogP contribution in [0.4, 0.5) is 0 Å². The maximum absolute atomic E-state index is 8.61. The third-order valence-electron chi connectivity index (χ3n) is 3.71. The minimum absolute atomic E-state index is 0.0899. The van der Waals surface area contributed by atoms with Crippen LogP contribution in [0.5, 0.6) is 0 Å². The molecule has 78 valence electrons.